The molecule has 0 aliphatic carbocycles. The number of nitrogens with zero attached hydrogens (tertiary/aromatic N) is 2. The van der Waals surface area contributed by atoms with Crippen molar-refractivity contribution < 1.29 is 4.39 Å². The molecule has 0 fully saturated rings. The Morgan fingerprint density at radius 3 is 3.00 bits per heavy atom. The monoisotopic (exact) mass is 351 g/mol. The molecule has 0 saturated carbocycles. The van der Waals surface area contributed by atoms with E-state index in [9.17, 15) is 9.18 Å². The summed E-state index contributed by atoms with van der Waals surface area (Å²) in [6.07, 6.45) is 3.85. The zero-order valence-electron chi connectivity index (χ0n) is 11.4. The quantitative estimate of drug-likeness (QED) is 0.813. The number of rotatable bonds is 6. The van der Waals surface area contributed by atoms with Crippen LogP contribution in [0, 0.1) is 5.82 Å². The fourth-order valence-corrected chi connectivity index (χ4v) is 2.32. The molecule has 0 aliphatic heterocycles. The molecule has 0 spiro atoms. The van der Waals surface area contributed by atoms with E-state index in [4.69, 9.17) is 0 Å². The van der Waals surface area contributed by atoms with Crippen molar-refractivity contribution in [2.75, 3.05) is 11.9 Å². The Labute approximate surface area is 130 Å². The summed E-state index contributed by atoms with van der Waals surface area (Å²) in [5.74, 6) is -0.248. The molecule has 6 heteroatoms. The van der Waals surface area contributed by atoms with Gasteiger partial charge >= 0.3 is 0 Å². The second kappa shape index (κ2) is 7.17. The normalized spacial score (nSPS) is 10.4. The number of hydrogen-bond acceptors (Lipinski definition) is 3. The van der Waals surface area contributed by atoms with Crippen LogP contribution in [0.4, 0.5) is 10.1 Å². The molecule has 0 aliphatic rings. The zero-order valence-corrected chi connectivity index (χ0v) is 12.9. The first kappa shape index (κ1) is 15.4. The highest BCUT2D eigenvalue weighted by molar-refractivity contribution is 9.10. The minimum atomic E-state index is -0.248. The number of anilines is 1. The Morgan fingerprint density at radius 2 is 2.29 bits per heavy atom. The Hall–Kier alpha value is -1.95. The van der Waals surface area contributed by atoms with Gasteiger partial charge in [0.15, 0.2) is 0 Å². The van der Waals surface area contributed by atoms with Crippen LogP contribution >= 0.6 is 15.9 Å². The molecular weight excluding hydrogens is 337 g/mol. The Bertz CT molecular complexity index is 700. The van der Waals surface area contributed by atoms with Crippen molar-refractivity contribution in [3.63, 3.8) is 0 Å². The van der Waals surface area contributed by atoms with Gasteiger partial charge in [0.25, 0.3) is 5.56 Å². The summed E-state index contributed by atoms with van der Waals surface area (Å²) in [5.41, 5.74) is 1.30. The summed E-state index contributed by atoms with van der Waals surface area (Å²) in [4.78, 5) is 12.0. The molecule has 0 radical (unpaired) electrons. The van der Waals surface area contributed by atoms with E-state index in [2.05, 4.69) is 32.9 Å². The third kappa shape index (κ3) is 4.01. The summed E-state index contributed by atoms with van der Waals surface area (Å²) in [7, 11) is 0. The summed E-state index contributed by atoms with van der Waals surface area (Å²) in [6, 6.07) is 6.45. The van der Waals surface area contributed by atoms with Gasteiger partial charge in [-0.15, -0.1) is 6.58 Å². The van der Waals surface area contributed by atoms with E-state index in [1.54, 1.807) is 18.3 Å². The molecule has 0 saturated heterocycles. The second-order valence-electron chi connectivity index (χ2n) is 4.45. The zero-order chi connectivity index (χ0) is 15.2. The van der Waals surface area contributed by atoms with Gasteiger partial charge in [0.05, 0.1) is 18.4 Å². The van der Waals surface area contributed by atoms with Crippen LogP contribution < -0.4 is 10.9 Å². The molecule has 1 aromatic carbocycles. The van der Waals surface area contributed by atoms with Gasteiger partial charge in [-0.1, -0.05) is 18.2 Å². The second-order valence-corrected chi connectivity index (χ2v) is 5.25. The lowest BCUT2D eigenvalue weighted by atomic mass is 10.1. The first-order valence-corrected chi connectivity index (χ1v) is 7.26. The van der Waals surface area contributed by atoms with E-state index in [0.717, 1.165) is 5.56 Å². The third-order valence-electron chi connectivity index (χ3n) is 2.91. The van der Waals surface area contributed by atoms with Crippen LogP contribution in [-0.2, 0) is 13.0 Å². The number of halogens is 2. The van der Waals surface area contributed by atoms with Crippen LogP contribution in [0.1, 0.15) is 5.56 Å². The fraction of sp³-hybridized carbons (Fsp3) is 0.200. The summed E-state index contributed by atoms with van der Waals surface area (Å²) >= 11 is 3.27. The van der Waals surface area contributed by atoms with Gasteiger partial charge in [-0.3, -0.25) is 4.79 Å². The topological polar surface area (TPSA) is 46.9 Å². The third-order valence-corrected chi connectivity index (χ3v) is 3.67. The summed E-state index contributed by atoms with van der Waals surface area (Å²) in [6.45, 7) is 4.52. The highest BCUT2D eigenvalue weighted by Gasteiger charge is 2.07. The first-order chi connectivity index (χ1) is 10.1. The minimum Gasteiger partial charge on any atom is -0.382 e. The van der Waals surface area contributed by atoms with Gasteiger partial charge < -0.3 is 5.32 Å². The predicted octanol–water partition coefficient (Wildman–Crippen LogP) is 2.99. The maximum atomic E-state index is 13.1. The minimum absolute atomic E-state index is 0.217. The largest absolute Gasteiger partial charge is 0.382 e. The van der Waals surface area contributed by atoms with Crippen molar-refractivity contribution in [1.82, 2.24) is 9.78 Å². The first-order valence-electron chi connectivity index (χ1n) is 6.46. The Balaban J connectivity index is 2.02. The fourth-order valence-electron chi connectivity index (χ4n) is 1.87. The molecule has 110 valence electrons. The van der Waals surface area contributed by atoms with Crippen molar-refractivity contribution in [1.29, 1.82) is 0 Å². The molecule has 21 heavy (non-hydrogen) atoms. The van der Waals surface area contributed by atoms with Gasteiger partial charge in [0, 0.05) is 6.54 Å². The average molecular weight is 352 g/mol. The Morgan fingerprint density at radius 1 is 1.48 bits per heavy atom. The van der Waals surface area contributed by atoms with Gasteiger partial charge in [0.1, 0.15) is 10.3 Å². The van der Waals surface area contributed by atoms with Crippen LogP contribution in [-0.4, -0.2) is 16.3 Å². The molecule has 0 unspecified atom stereocenters. The van der Waals surface area contributed by atoms with E-state index in [-0.39, 0.29) is 11.4 Å². The van der Waals surface area contributed by atoms with Crippen molar-refractivity contribution in [2.24, 2.45) is 0 Å². The smallest absolute Gasteiger partial charge is 0.283 e. The lowest BCUT2D eigenvalue weighted by Gasteiger charge is -2.09. The summed E-state index contributed by atoms with van der Waals surface area (Å²) < 4.78 is 14.8. The highest BCUT2D eigenvalue weighted by atomic mass is 79.9. The maximum absolute atomic E-state index is 13.1. The number of aromatic nitrogens is 2. The molecule has 4 nitrogen and oxygen atoms in total. The predicted molar refractivity (Wildman–Crippen MR) is 85.0 cm³/mol. The molecule has 1 aromatic heterocycles. The number of allylic oxidation sites excluding steroid dienone is 1. The molecule has 2 rings (SSSR count). The van der Waals surface area contributed by atoms with Crippen molar-refractivity contribution >= 4 is 21.6 Å². The molecular formula is C15H15BrFN3O. The van der Waals surface area contributed by atoms with Crippen molar-refractivity contribution in [3.05, 3.63) is 69.3 Å². The lowest BCUT2D eigenvalue weighted by molar-refractivity contribution is 0.625. The lowest BCUT2D eigenvalue weighted by Crippen LogP contribution is -2.24. The van der Waals surface area contributed by atoms with E-state index < -0.39 is 0 Å². The molecule has 1 N–H and O–H groups in total. The van der Waals surface area contributed by atoms with Gasteiger partial charge in [0.2, 0.25) is 0 Å². The van der Waals surface area contributed by atoms with E-state index in [1.165, 1.54) is 16.8 Å². The summed E-state index contributed by atoms with van der Waals surface area (Å²) in [5, 5.41) is 7.17. The molecule has 0 amide bonds. The molecule has 0 atom stereocenters. The van der Waals surface area contributed by atoms with Crippen molar-refractivity contribution in [2.45, 2.75) is 13.0 Å². The van der Waals surface area contributed by atoms with E-state index >= 15 is 0 Å². The standard InChI is InChI=1S/C15H15BrFN3O/c1-2-8-20-15(21)14(16)13(10-19-20)18-7-6-11-4-3-5-12(17)9-11/h2-5,9-10,18H,1,6-8H2. The van der Waals surface area contributed by atoms with E-state index in [1.807, 2.05) is 6.07 Å². The molecule has 1 heterocycles. The molecule has 0 bridgehead atoms. The van der Waals surface area contributed by atoms with Gasteiger partial charge in [-0.25, -0.2) is 9.07 Å². The van der Waals surface area contributed by atoms with E-state index in [0.29, 0.717) is 29.7 Å². The number of nitrogens with one attached hydrogen (secondary N) is 1. The van der Waals surface area contributed by atoms with Gasteiger partial charge in [-0.05, 0) is 40.0 Å². The van der Waals surface area contributed by atoms with Crippen molar-refractivity contribution in [3.8, 4) is 0 Å². The van der Waals surface area contributed by atoms with Crippen LogP contribution in [0.15, 0.2) is 52.4 Å². The maximum Gasteiger partial charge on any atom is 0.283 e. The van der Waals surface area contributed by atoms with Crippen LogP contribution in [0.2, 0.25) is 0 Å². The van der Waals surface area contributed by atoms with Gasteiger partial charge in [-0.2, -0.15) is 5.10 Å². The SMILES string of the molecule is C=CCn1ncc(NCCc2cccc(F)c2)c(Br)c1=O. The number of hydrogen-bond donors (Lipinski definition) is 1. The van der Waals surface area contributed by atoms with Crippen LogP contribution in [0.25, 0.3) is 0 Å². The highest BCUT2D eigenvalue weighted by Crippen LogP contribution is 2.16. The number of benzene rings is 1. The Kier molecular flexibility index (Phi) is 5.27. The van der Waals surface area contributed by atoms with Crippen LogP contribution in [0.3, 0.4) is 0 Å². The average Bonchev–Trinajstić information content (AvgIpc) is 2.47. The van der Waals surface area contributed by atoms with Crippen LogP contribution in [0.5, 0.6) is 0 Å². The molecule has 2 aromatic rings.